The van der Waals surface area contributed by atoms with E-state index in [9.17, 15) is 14.4 Å². The van der Waals surface area contributed by atoms with Crippen molar-refractivity contribution in [3.63, 3.8) is 0 Å². The molecule has 4 N–H and O–H groups in total. The lowest BCUT2D eigenvalue weighted by Gasteiger charge is -2.36. The van der Waals surface area contributed by atoms with Crippen LogP contribution < -0.4 is 21.4 Å². The van der Waals surface area contributed by atoms with Crippen molar-refractivity contribution in [2.45, 2.75) is 103 Å². The summed E-state index contributed by atoms with van der Waals surface area (Å²) in [4.78, 5) is 41.5. The van der Waals surface area contributed by atoms with E-state index < -0.39 is 42.0 Å². The molecule has 2 aliphatic rings. The van der Waals surface area contributed by atoms with E-state index in [1.54, 1.807) is 29.2 Å². The number of aromatic nitrogens is 4. The molecule has 3 aromatic rings. The van der Waals surface area contributed by atoms with Crippen LogP contribution in [0.15, 0.2) is 48.5 Å². The molecule has 2 aromatic carbocycles. The molecule has 1 atom stereocenters. The number of nitrogens with zero attached hydrogens (tertiary/aromatic N) is 4. The first-order valence-corrected chi connectivity index (χ1v) is 16.9. The quantitative estimate of drug-likeness (QED) is 0.270. The van der Waals surface area contributed by atoms with Gasteiger partial charge in [0.15, 0.2) is 0 Å². The average Bonchev–Trinajstić information content (AvgIpc) is 3.65. The van der Waals surface area contributed by atoms with Gasteiger partial charge in [-0.05, 0) is 121 Å². The number of primary amides is 1. The molecule has 3 amide bonds. The molecule has 1 aliphatic carbocycles. The number of nitrogens with one attached hydrogen (secondary N) is 2. The number of alkyl carbamates (subject to hydrolysis) is 1. The minimum Gasteiger partial charge on any atom is -0.444 e. The van der Waals surface area contributed by atoms with Gasteiger partial charge in [-0.25, -0.2) is 4.79 Å². The fourth-order valence-electron chi connectivity index (χ4n) is 6.26. The van der Waals surface area contributed by atoms with Gasteiger partial charge >= 0.3 is 13.2 Å². The number of ether oxygens (including phenoxy) is 1. The van der Waals surface area contributed by atoms with E-state index in [1.165, 1.54) is 0 Å². The maximum Gasteiger partial charge on any atom is 0.494 e. The normalized spacial score (nSPS) is 20.8. The van der Waals surface area contributed by atoms with Crippen LogP contribution >= 0.6 is 0 Å². The van der Waals surface area contributed by atoms with Gasteiger partial charge in [0.1, 0.15) is 11.6 Å². The van der Waals surface area contributed by atoms with Crippen LogP contribution in [-0.4, -0.2) is 75.0 Å². The predicted octanol–water partition coefficient (Wildman–Crippen LogP) is 3.93. The number of tetrazole rings is 1. The number of benzene rings is 2. The van der Waals surface area contributed by atoms with E-state index in [2.05, 4.69) is 25.9 Å². The Hall–Kier alpha value is -4.30. The Bertz CT molecular complexity index is 1600. The monoisotopic (exact) mass is 673 g/mol. The van der Waals surface area contributed by atoms with Gasteiger partial charge in [0.25, 0.3) is 0 Å². The third kappa shape index (κ3) is 8.66. The van der Waals surface area contributed by atoms with E-state index in [-0.39, 0.29) is 24.2 Å². The number of hydrogen-bond acceptors (Lipinski definition) is 9. The third-order valence-electron chi connectivity index (χ3n) is 9.66. The molecule has 0 unspecified atom stereocenters. The zero-order chi connectivity index (χ0) is 35.6. The highest BCUT2D eigenvalue weighted by Crippen LogP contribution is 2.37. The molecular weight excluding hydrogens is 625 g/mol. The summed E-state index contributed by atoms with van der Waals surface area (Å²) < 4.78 is 17.9. The van der Waals surface area contributed by atoms with Gasteiger partial charge in [0.2, 0.25) is 17.6 Å². The van der Waals surface area contributed by atoms with Crippen molar-refractivity contribution < 1.29 is 28.4 Å². The highest BCUT2D eigenvalue weighted by Gasteiger charge is 2.51. The zero-order valence-corrected chi connectivity index (χ0v) is 29.5. The van der Waals surface area contributed by atoms with Gasteiger partial charge in [-0.2, -0.15) is 5.21 Å². The lowest BCUT2D eigenvalue weighted by atomic mass is 9.78. The highest BCUT2D eigenvalue weighted by atomic mass is 16.7. The van der Waals surface area contributed by atoms with Gasteiger partial charge in [-0.15, -0.1) is 10.2 Å². The third-order valence-corrected chi connectivity index (χ3v) is 9.66. The van der Waals surface area contributed by atoms with E-state index in [0.717, 1.165) is 23.9 Å². The first-order chi connectivity index (χ1) is 23.0. The minimum atomic E-state index is -0.969. The molecule has 14 heteroatoms. The molecule has 2 fully saturated rings. The largest absolute Gasteiger partial charge is 0.494 e. The van der Waals surface area contributed by atoms with Crippen LogP contribution in [0.1, 0.15) is 79.7 Å². The molecule has 5 rings (SSSR count). The summed E-state index contributed by atoms with van der Waals surface area (Å²) in [6.45, 7) is 13.9. The van der Waals surface area contributed by atoms with Crippen LogP contribution in [0.4, 0.5) is 10.5 Å². The van der Waals surface area contributed by atoms with Crippen LogP contribution in [0.2, 0.25) is 0 Å². The standard InChI is InChI=1S/C35H48BN7O6/c1-33(2,3)47-32(46)38-21-22-11-13-25(14-12-22)31(45)43(27-17-15-24(16-18-27)30-39-41-42-40-30)28(29(37)44)20-23-9-8-10-26(19-23)36-48-34(4,5)35(6,7)49-36/h8-10,15-19,22,25,28H,11-14,20-21H2,1-7H3,(H2,37,44)(H,38,46)(H,39,40,41,42)/t22?,25?,28-/m0/s1. The fourth-order valence-corrected chi connectivity index (χ4v) is 6.26. The van der Waals surface area contributed by atoms with Gasteiger partial charge in [0, 0.05) is 30.1 Å². The molecule has 1 aliphatic heterocycles. The first kappa shape index (κ1) is 36.0. The number of carbonyl (C=O) groups is 3. The van der Waals surface area contributed by atoms with Crippen molar-refractivity contribution in [2.24, 2.45) is 17.6 Å². The number of H-pyrrole nitrogens is 1. The molecular formula is C35H48BN7O6. The number of hydrogen-bond donors (Lipinski definition) is 3. The molecule has 2 heterocycles. The van der Waals surface area contributed by atoms with Gasteiger partial charge < -0.3 is 25.1 Å². The molecule has 0 bridgehead atoms. The van der Waals surface area contributed by atoms with E-state index in [0.29, 0.717) is 36.5 Å². The average molecular weight is 674 g/mol. The number of aromatic amines is 1. The highest BCUT2D eigenvalue weighted by molar-refractivity contribution is 6.62. The number of rotatable bonds is 10. The maximum atomic E-state index is 14.4. The van der Waals surface area contributed by atoms with E-state index in [1.807, 2.05) is 72.7 Å². The molecule has 0 spiro atoms. The number of nitrogens with two attached hydrogens (primary N) is 1. The Morgan fingerprint density at radius 1 is 1.04 bits per heavy atom. The molecule has 1 aromatic heterocycles. The van der Waals surface area contributed by atoms with E-state index >= 15 is 0 Å². The topological polar surface area (TPSA) is 175 Å². The van der Waals surface area contributed by atoms with Gasteiger partial charge in [0.05, 0.1) is 11.2 Å². The minimum absolute atomic E-state index is 0.170. The Morgan fingerprint density at radius 3 is 2.27 bits per heavy atom. The van der Waals surface area contributed by atoms with Crippen molar-refractivity contribution >= 4 is 36.2 Å². The van der Waals surface area contributed by atoms with Crippen molar-refractivity contribution in [2.75, 3.05) is 11.4 Å². The summed E-state index contributed by atoms with van der Waals surface area (Å²) in [5.41, 5.74) is 7.37. The van der Waals surface area contributed by atoms with Crippen molar-refractivity contribution in [3.05, 3.63) is 54.1 Å². The summed E-state index contributed by atoms with van der Waals surface area (Å²) >= 11 is 0. The van der Waals surface area contributed by atoms with E-state index in [4.69, 9.17) is 19.8 Å². The van der Waals surface area contributed by atoms with Crippen molar-refractivity contribution in [3.8, 4) is 11.4 Å². The number of anilines is 1. The summed E-state index contributed by atoms with van der Waals surface area (Å²) in [7, 11) is -0.576. The molecule has 262 valence electrons. The Balaban J connectivity index is 1.36. The summed E-state index contributed by atoms with van der Waals surface area (Å²) in [5, 5.41) is 17.0. The first-order valence-electron chi connectivity index (χ1n) is 16.9. The maximum absolute atomic E-state index is 14.4. The second kappa shape index (κ2) is 14.3. The molecule has 1 saturated carbocycles. The molecule has 0 radical (unpaired) electrons. The summed E-state index contributed by atoms with van der Waals surface area (Å²) in [6.07, 6.45) is 2.45. The molecule has 49 heavy (non-hydrogen) atoms. The Labute approximate surface area is 288 Å². The lowest BCUT2D eigenvalue weighted by molar-refractivity contribution is -0.127. The van der Waals surface area contributed by atoms with Gasteiger partial charge in [-0.3, -0.25) is 14.5 Å². The van der Waals surface area contributed by atoms with Gasteiger partial charge in [-0.1, -0.05) is 24.3 Å². The van der Waals surface area contributed by atoms with Crippen LogP contribution in [0.3, 0.4) is 0 Å². The number of amides is 3. The molecule has 13 nitrogen and oxygen atoms in total. The van der Waals surface area contributed by atoms with Crippen LogP contribution in [0.5, 0.6) is 0 Å². The van der Waals surface area contributed by atoms with Crippen LogP contribution in [0.25, 0.3) is 11.4 Å². The molecule has 1 saturated heterocycles. The van der Waals surface area contributed by atoms with Crippen LogP contribution in [-0.2, 0) is 30.1 Å². The summed E-state index contributed by atoms with van der Waals surface area (Å²) in [6, 6.07) is 13.8. The SMILES string of the molecule is CC(C)(C)OC(=O)NCC1CCC(C(=O)N(c2ccc(-c3nn[nH]n3)cc2)[C@@H](Cc2cccc(B3OC(C)(C)C(C)(C)O3)c2)C(N)=O)CC1. The second-order valence-electron chi connectivity index (χ2n) is 15.0. The summed E-state index contributed by atoms with van der Waals surface area (Å²) in [5.74, 6) is -0.492. The predicted molar refractivity (Wildman–Crippen MR) is 186 cm³/mol. The Kier molecular flexibility index (Phi) is 10.5. The smallest absolute Gasteiger partial charge is 0.444 e. The van der Waals surface area contributed by atoms with Crippen molar-refractivity contribution in [1.29, 1.82) is 0 Å². The van der Waals surface area contributed by atoms with Crippen LogP contribution in [0, 0.1) is 11.8 Å². The fraction of sp³-hybridized carbons (Fsp3) is 0.543. The Morgan fingerprint density at radius 2 is 1.69 bits per heavy atom. The second-order valence-corrected chi connectivity index (χ2v) is 15.0. The zero-order valence-electron chi connectivity index (χ0n) is 29.5. The lowest BCUT2D eigenvalue weighted by Crippen LogP contribution is -2.52. The van der Waals surface area contributed by atoms with Crippen molar-refractivity contribution in [1.82, 2.24) is 25.9 Å². The number of carbonyl (C=O) groups excluding carboxylic acids is 3.